The van der Waals surface area contributed by atoms with Crippen LogP contribution >= 0.6 is 11.8 Å². The molecule has 0 amide bonds. The Morgan fingerprint density at radius 2 is 2.44 bits per heavy atom. The Morgan fingerprint density at radius 3 is 3.17 bits per heavy atom. The summed E-state index contributed by atoms with van der Waals surface area (Å²) in [4.78, 5) is 0. The van der Waals surface area contributed by atoms with Crippen molar-refractivity contribution in [3.63, 3.8) is 0 Å². The van der Waals surface area contributed by atoms with Gasteiger partial charge in [-0.15, -0.1) is 0 Å². The maximum atomic E-state index is 10.3. The Bertz CT molecular complexity index is 241. The Hall–Kier alpha value is 0.230. The fourth-order valence-corrected chi connectivity index (χ4v) is 4.41. The molecule has 2 aliphatic heterocycles. The summed E-state index contributed by atoms with van der Waals surface area (Å²) in [6, 6.07) is 0. The average molecular weight is 274 g/mol. The smallest absolute Gasteiger partial charge is 0.0783 e. The number of hydrogen-bond acceptors (Lipinski definition) is 4. The molecule has 3 nitrogen and oxygen atoms in total. The Morgan fingerprint density at radius 1 is 1.56 bits per heavy atom. The maximum Gasteiger partial charge on any atom is 0.0783 e. The van der Waals surface area contributed by atoms with Crippen LogP contribution in [0.2, 0.25) is 0 Å². The highest BCUT2D eigenvalue weighted by atomic mass is 32.2. The SMILES string of the molecule is CCOCCCC(O)C1CCOC2(CCSC2)C1. The van der Waals surface area contributed by atoms with E-state index in [0.29, 0.717) is 5.92 Å². The maximum absolute atomic E-state index is 10.3. The first-order valence-electron chi connectivity index (χ1n) is 7.23. The lowest BCUT2D eigenvalue weighted by atomic mass is 9.81. The molecule has 4 heteroatoms. The van der Waals surface area contributed by atoms with Gasteiger partial charge in [0.25, 0.3) is 0 Å². The molecule has 2 rings (SSSR count). The number of aliphatic hydroxyl groups excluding tert-OH is 1. The molecule has 1 spiro atoms. The van der Waals surface area contributed by atoms with Gasteiger partial charge in [-0.1, -0.05) is 0 Å². The number of hydrogen-bond donors (Lipinski definition) is 1. The van der Waals surface area contributed by atoms with Crippen LogP contribution < -0.4 is 0 Å². The molecular formula is C14H26O3S. The molecule has 18 heavy (non-hydrogen) atoms. The largest absolute Gasteiger partial charge is 0.393 e. The third-order valence-electron chi connectivity index (χ3n) is 4.14. The summed E-state index contributed by atoms with van der Waals surface area (Å²) in [7, 11) is 0. The highest BCUT2D eigenvalue weighted by Gasteiger charge is 2.41. The third-order valence-corrected chi connectivity index (χ3v) is 5.36. The summed E-state index contributed by atoms with van der Waals surface area (Å²) in [6.45, 7) is 4.38. The molecule has 0 aliphatic carbocycles. The van der Waals surface area contributed by atoms with E-state index >= 15 is 0 Å². The van der Waals surface area contributed by atoms with Gasteiger partial charge in [-0.05, 0) is 50.7 Å². The number of thioether (sulfide) groups is 1. The zero-order valence-corrected chi connectivity index (χ0v) is 12.2. The Balaban J connectivity index is 1.74. The monoisotopic (exact) mass is 274 g/mol. The van der Waals surface area contributed by atoms with Crippen LogP contribution in [0.1, 0.15) is 39.0 Å². The summed E-state index contributed by atoms with van der Waals surface area (Å²) in [6.07, 6.45) is 4.90. The molecule has 0 aromatic carbocycles. The molecule has 2 saturated heterocycles. The van der Waals surface area contributed by atoms with Gasteiger partial charge in [-0.25, -0.2) is 0 Å². The summed E-state index contributed by atoms with van der Waals surface area (Å²) in [5, 5.41) is 10.3. The van der Waals surface area contributed by atoms with Gasteiger partial charge in [0.2, 0.25) is 0 Å². The van der Waals surface area contributed by atoms with E-state index in [4.69, 9.17) is 9.47 Å². The van der Waals surface area contributed by atoms with Gasteiger partial charge < -0.3 is 14.6 Å². The number of ether oxygens (including phenoxy) is 2. The van der Waals surface area contributed by atoms with Crippen LogP contribution in [-0.2, 0) is 9.47 Å². The van der Waals surface area contributed by atoms with E-state index in [0.717, 1.165) is 51.3 Å². The van der Waals surface area contributed by atoms with Crippen molar-refractivity contribution >= 4 is 11.8 Å². The van der Waals surface area contributed by atoms with E-state index < -0.39 is 0 Å². The van der Waals surface area contributed by atoms with Crippen molar-refractivity contribution in [3.05, 3.63) is 0 Å². The molecule has 106 valence electrons. The molecule has 2 fully saturated rings. The van der Waals surface area contributed by atoms with Crippen LogP contribution in [-0.4, -0.2) is 48.1 Å². The van der Waals surface area contributed by atoms with E-state index in [1.54, 1.807) is 0 Å². The normalized spacial score (nSPS) is 34.0. The molecule has 0 aromatic rings. The second kappa shape index (κ2) is 7.13. The van der Waals surface area contributed by atoms with E-state index in [1.807, 2.05) is 18.7 Å². The van der Waals surface area contributed by atoms with Crippen LogP contribution in [0.15, 0.2) is 0 Å². The predicted octanol–water partition coefficient (Wildman–Crippen LogP) is 2.47. The second-order valence-corrected chi connectivity index (χ2v) is 6.60. The Labute approximate surface area is 115 Å². The fourth-order valence-electron chi connectivity index (χ4n) is 3.03. The van der Waals surface area contributed by atoms with Crippen molar-refractivity contribution < 1.29 is 14.6 Å². The molecule has 2 heterocycles. The summed E-state index contributed by atoms with van der Waals surface area (Å²) >= 11 is 1.99. The van der Waals surface area contributed by atoms with Crippen molar-refractivity contribution in [1.82, 2.24) is 0 Å². The molecular weight excluding hydrogens is 248 g/mol. The van der Waals surface area contributed by atoms with Gasteiger partial charge in [0.05, 0.1) is 11.7 Å². The van der Waals surface area contributed by atoms with Crippen LogP contribution in [0.3, 0.4) is 0 Å². The standard InChI is InChI=1S/C14H26O3S/c1-2-16-7-3-4-13(15)12-5-8-17-14(10-12)6-9-18-11-14/h12-13,15H,2-11H2,1H3. The minimum absolute atomic E-state index is 0.0917. The molecule has 0 aromatic heterocycles. The van der Waals surface area contributed by atoms with Gasteiger partial charge in [0.1, 0.15) is 0 Å². The number of aliphatic hydroxyl groups is 1. The Kier molecular flexibility index (Phi) is 5.80. The van der Waals surface area contributed by atoms with Crippen molar-refractivity contribution in [3.8, 4) is 0 Å². The van der Waals surface area contributed by atoms with E-state index in [9.17, 15) is 5.11 Å². The summed E-state index contributed by atoms with van der Waals surface area (Å²) in [5.41, 5.74) is 0.0917. The summed E-state index contributed by atoms with van der Waals surface area (Å²) < 4.78 is 11.3. The zero-order chi connectivity index (χ0) is 12.8. The van der Waals surface area contributed by atoms with Gasteiger partial charge in [0.15, 0.2) is 0 Å². The summed E-state index contributed by atoms with van der Waals surface area (Å²) in [5.74, 6) is 2.77. The number of rotatable bonds is 6. The van der Waals surface area contributed by atoms with Gasteiger partial charge in [-0.2, -0.15) is 11.8 Å². The van der Waals surface area contributed by atoms with E-state index in [2.05, 4.69) is 0 Å². The van der Waals surface area contributed by atoms with Gasteiger partial charge in [-0.3, -0.25) is 0 Å². The first kappa shape index (κ1) is 14.6. The first-order valence-corrected chi connectivity index (χ1v) is 8.39. The van der Waals surface area contributed by atoms with Crippen LogP contribution in [0.4, 0.5) is 0 Å². The zero-order valence-electron chi connectivity index (χ0n) is 11.4. The minimum Gasteiger partial charge on any atom is -0.393 e. The topological polar surface area (TPSA) is 38.7 Å². The van der Waals surface area contributed by atoms with E-state index in [-0.39, 0.29) is 11.7 Å². The van der Waals surface area contributed by atoms with Crippen molar-refractivity contribution in [1.29, 1.82) is 0 Å². The molecule has 3 atom stereocenters. The van der Waals surface area contributed by atoms with Crippen LogP contribution in [0, 0.1) is 5.92 Å². The van der Waals surface area contributed by atoms with Crippen molar-refractivity contribution in [2.45, 2.75) is 50.7 Å². The highest BCUT2D eigenvalue weighted by molar-refractivity contribution is 7.99. The molecule has 2 aliphatic rings. The minimum atomic E-state index is -0.170. The molecule has 0 radical (unpaired) electrons. The van der Waals surface area contributed by atoms with Crippen LogP contribution in [0.5, 0.6) is 0 Å². The van der Waals surface area contributed by atoms with Gasteiger partial charge in [0, 0.05) is 25.6 Å². The molecule has 0 saturated carbocycles. The van der Waals surface area contributed by atoms with Crippen molar-refractivity contribution in [2.75, 3.05) is 31.3 Å². The van der Waals surface area contributed by atoms with E-state index in [1.165, 1.54) is 12.2 Å². The lowest BCUT2D eigenvalue weighted by molar-refractivity contribution is -0.102. The average Bonchev–Trinajstić information content (AvgIpc) is 2.82. The first-order chi connectivity index (χ1) is 8.76. The highest BCUT2D eigenvalue weighted by Crippen LogP contribution is 2.41. The second-order valence-electron chi connectivity index (χ2n) is 5.49. The molecule has 3 unspecified atom stereocenters. The lowest BCUT2D eigenvalue weighted by Gasteiger charge is -2.39. The molecule has 1 N–H and O–H groups in total. The van der Waals surface area contributed by atoms with Crippen molar-refractivity contribution in [2.24, 2.45) is 5.92 Å². The lowest BCUT2D eigenvalue weighted by Crippen LogP contribution is -2.43. The fraction of sp³-hybridized carbons (Fsp3) is 1.00. The quantitative estimate of drug-likeness (QED) is 0.755. The predicted molar refractivity (Wildman–Crippen MR) is 75.1 cm³/mol. The third kappa shape index (κ3) is 3.86. The van der Waals surface area contributed by atoms with Gasteiger partial charge >= 0.3 is 0 Å². The molecule has 0 bridgehead atoms. The van der Waals surface area contributed by atoms with Crippen LogP contribution in [0.25, 0.3) is 0 Å².